The molecule has 1 atom stereocenters. The van der Waals surface area contributed by atoms with E-state index in [1.165, 1.54) is 0 Å². The Balaban J connectivity index is 0.00000182. The van der Waals surface area contributed by atoms with Crippen LogP contribution in [0.2, 0.25) is 0 Å². The molecule has 0 aliphatic carbocycles. The Labute approximate surface area is 171 Å². The third-order valence-corrected chi connectivity index (χ3v) is 4.67. The van der Waals surface area contributed by atoms with Gasteiger partial charge >= 0.3 is 0 Å². The van der Waals surface area contributed by atoms with Gasteiger partial charge in [-0.15, -0.1) is 24.8 Å². The summed E-state index contributed by atoms with van der Waals surface area (Å²) in [4.78, 5) is 31.3. The highest BCUT2D eigenvalue weighted by Gasteiger charge is 2.29. The molecular weight excluding hydrogens is 387 g/mol. The fourth-order valence-corrected chi connectivity index (χ4v) is 3.34. The topological polar surface area (TPSA) is 88.3 Å². The highest BCUT2D eigenvalue weighted by Crippen LogP contribution is 2.21. The van der Waals surface area contributed by atoms with Crippen molar-refractivity contribution in [1.82, 2.24) is 15.2 Å². The lowest BCUT2D eigenvalue weighted by Crippen LogP contribution is -2.46. The smallest absolute Gasteiger partial charge is 0.272 e. The summed E-state index contributed by atoms with van der Waals surface area (Å²) in [5.41, 5.74) is 7.72. The van der Waals surface area contributed by atoms with Crippen LogP contribution in [-0.2, 0) is 4.79 Å². The average Bonchev–Trinajstić information content (AvgIpc) is 2.65. The maximum absolute atomic E-state index is 12.9. The molecule has 27 heavy (non-hydrogen) atoms. The van der Waals surface area contributed by atoms with Crippen molar-refractivity contribution in [3.8, 4) is 0 Å². The zero-order chi connectivity index (χ0) is 17.8. The first-order valence-corrected chi connectivity index (χ1v) is 8.73. The predicted octanol–water partition coefficient (Wildman–Crippen LogP) is 2.31. The van der Waals surface area contributed by atoms with Crippen molar-refractivity contribution in [3.63, 3.8) is 0 Å². The summed E-state index contributed by atoms with van der Waals surface area (Å²) in [5, 5.41) is 3.87. The fraction of sp³-hybridized carbons (Fsp3) is 0.421. The van der Waals surface area contributed by atoms with E-state index in [9.17, 15) is 9.59 Å². The largest absolute Gasteiger partial charge is 0.355 e. The number of piperidine rings is 1. The molecule has 1 aromatic carbocycles. The Hall–Kier alpha value is -1.89. The molecule has 1 unspecified atom stereocenters. The summed E-state index contributed by atoms with van der Waals surface area (Å²) in [7, 11) is 0. The number of nitrogens with one attached hydrogen (secondary N) is 1. The third-order valence-electron chi connectivity index (χ3n) is 4.67. The van der Waals surface area contributed by atoms with Crippen molar-refractivity contribution in [3.05, 3.63) is 41.6 Å². The maximum Gasteiger partial charge on any atom is 0.272 e. The van der Waals surface area contributed by atoms with E-state index in [0.717, 1.165) is 29.3 Å². The van der Waals surface area contributed by atoms with Crippen molar-refractivity contribution >= 4 is 47.5 Å². The molecule has 1 fully saturated rings. The van der Waals surface area contributed by atoms with Crippen molar-refractivity contribution < 1.29 is 9.59 Å². The van der Waals surface area contributed by atoms with E-state index in [0.29, 0.717) is 31.9 Å². The minimum atomic E-state index is -0.175. The van der Waals surface area contributed by atoms with Gasteiger partial charge < -0.3 is 16.0 Å². The van der Waals surface area contributed by atoms with E-state index in [4.69, 9.17) is 5.73 Å². The predicted molar refractivity (Wildman–Crippen MR) is 112 cm³/mol. The molecule has 1 saturated heterocycles. The van der Waals surface area contributed by atoms with E-state index >= 15 is 0 Å². The lowest BCUT2D eigenvalue weighted by Gasteiger charge is -2.32. The molecule has 3 N–H and O–H groups in total. The average molecular weight is 413 g/mol. The number of nitrogens with zero attached hydrogens (tertiary/aromatic N) is 2. The molecule has 3 rings (SSSR count). The molecule has 6 nitrogen and oxygen atoms in total. The van der Waals surface area contributed by atoms with Gasteiger partial charge in [-0.1, -0.05) is 18.2 Å². The summed E-state index contributed by atoms with van der Waals surface area (Å²) in [5.74, 6) is -0.304. The van der Waals surface area contributed by atoms with Crippen LogP contribution in [0.3, 0.4) is 0 Å². The van der Waals surface area contributed by atoms with Gasteiger partial charge in [0.15, 0.2) is 0 Å². The monoisotopic (exact) mass is 412 g/mol. The van der Waals surface area contributed by atoms with Gasteiger partial charge in [-0.25, -0.2) is 4.98 Å². The summed E-state index contributed by atoms with van der Waals surface area (Å²) in [6.45, 7) is 3.96. The Morgan fingerprint density at radius 1 is 1.30 bits per heavy atom. The number of aryl methyl sites for hydroxylation is 1. The van der Waals surface area contributed by atoms with Gasteiger partial charge in [0.25, 0.3) is 5.91 Å². The van der Waals surface area contributed by atoms with Crippen LogP contribution >= 0.6 is 24.8 Å². The Kier molecular flexibility index (Phi) is 8.96. The lowest BCUT2D eigenvalue weighted by atomic mass is 9.96. The molecule has 2 aromatic rings. The molecule has 2 amide bonds. The van der Waals surface area contributed by atoms with Crippen molar-refractivity contribution in [2.75, 3.05) is 26.2 Å². The lowest BCUT2D eigenvalue weighted by molar-refractivity contribution is -0.126. The highest BCUT2D eigenvalue weighted by molar-refractivity contribution is 5.96. The molecule has 0 radical (unpaired) electrons. The minimum absolute atomic E-state index is 0. The summed E-state index contributed by atoms with van der Waals surface area (Å²) in [6, 6.07) is 9.64. The number of carbonyl (C=O) groups excluding carboxylic acids is 2. The zero-order valence-corrected chi connectivity index (χ0v) is 16.9. The van der Waals surface area contributed by atoms with E-state index in [1.54, 1.807) is 4.90 Å². The molecule has 1 aliphatic rings. The summed E-state index contributed by atoms with van der Waals surface area (Å²) in [6.07, 6.45) is 1.61. The normalized spacial score (nSPS) is 16.2. The number of amides is 2. The second-order valence-corrected chi connectivity index (χ2v) is 6.51. The van der Waals surface area contributed by atoms with Crippen LogP contribution in [0.1, 0.15) is 28.9 Å². The number of pyridine rings is 1. The summed E-state index contributed by atoms with van der Waals surface area (Å²) >= 11 is 0. The number of fused-ring (bicyclic) bond motifs is 1. The minimum Gasteiger partial charge on any atom is -0.355 e. The number of rotatable bonds is 4. The van der Waals surface area contributed by atoms with Gasteiger partial charge in [-0.2, -0.15) is 0 Å². The number of hydrogen-bond acceptors (Lipinski definition) is 4. The fourth-order valence-electron chi connectivity index (χ4n) is 3.34. The number of carbonyl (C=O) groups is 2. The van der Waals surface area contributed by atoms with Gasteiger partial charge in [-0.3, -0.25) is 9.59 Å². The van der Waals surface area contributed by atoms with Gasteiger partial charge in [0.05, 0.1) is 11.4 Å². The van der Waals surface area contributed by atoms with Crippen LogP contribution in [0.5, 0.6) is 0 Å². The second-order valence-electron chi connectivity index (χ2n) is 6.51. The van der Waals surface area contributed by atoms with Crippen LogP contribution in [0.15, 0.2) is 30.3 Å². The quantitative estimate of drug-likeness (QED) is 0.805. The van der Waals surface area contributed by atoms with E-state index < -0.39 is 0 Å². The van der Waals surface area contributed by atoms with Gasteiger partial charge in [0.2, 0.25) is 5.91 Å². The Morgan fingerprint density at radius 2 is 2.04 bits per heavy atom. The third kappa shape index (κ3) is 5.31. The van der Waals surface area contributed by atoms with Gasteiger partial charge in [0.1, 0.15) is 5.69 Å². The standard InChI is InChI=1S/C19H24N4O2.2ClH/c1-13-11-17(22-16-7-3-2-6-15(13)16)19(25)23-10-4-5-14(12-23)18(24)21-9-8-20;;/h2-3,6-7,11,14H,4-5,8-10,12,20H2,1H3,(H,21,24);2*1H. The van der Waals surface area contributed by atoms with E-state index in [-0.39, 0.29) is 42.5 Å². The van der Waals surface area contributed by atoms with Gasteiger partial charge in [0, 0.05) is 31.6 Å². The Bertz CT molecular complexity index is 800. The van der Waals surface area contributed by atoms with Crippen LogP contribution in [-0.4, -0.2) is 47.9 Å². The molecule has 148 valence electrons. The number of aromatic nitrogens is 1. The second kappa shape index (κ2) is 10.4. The van der Waals surface area contributed by atoms with Crippen molar-refractivity contribution in [2.24, 2.45) is 11.7 Å². The molecule has 2 heterocycles. The molecular formula is C19H26Cl2N4O2. The highest BCUT2D eigenvalue weighted by atomic mass is 35.5. The molecule has 1 aromatic heterocycles. The van der Waals surface area contributed by atoms with Crippen LogP contribution in [0, 0.1) is 12.8 Å². The molecule has 8 heteroatoms. The first-order valence-electron chi connectivity index (χ1n) is 8.73. The van der Waals surface area contributed by atoms with Gasteiger partial charge in [-0.05, 0) is 37.5 Å². The number of likely N-dealkylation sites (tertiary alicyclic amines) is 1. The maximum atomic E-state index is 12.9. The SMILES string of the molecule is Cc1cc(C(=O)N2CCCC(C(=O)NCCN)C2)nc2ccccc12.Cl.Cl. The Morgan fingerprint density at radius 3 is 2.78 bits per heavy atom. The zero-order valence-electron chi connectivity index (χ0n) is 15.3. The van der Waals surface area contributed by atoms with Crippen LogP contribution in [0.25, 0.3) is 10.9 Å². The number of hydrogen-bond donors (Lipinski definition) is 2. The molecule has 0 saturated carbocycles. The molecule has 1 aliphatic heterocycles. The summed E-state index contributed by atoms with van der Waals surface area (Å²) < 4.78 is 0. The number of halogens is 2. The van der Waals surface area contributed by atoms with Crippen molar-refractivity contribution in [2.45, 2.75) is 19.8 Å². The number of nitrogens with two attached hydrogens (primary N) is 1. The number of benzene rings is 1. The van der Waals surface area contributed by atoms with Crippen LogP contribution in [0.4, 0.5) is 0 Å². The molecule has 0 bridgehead atoms. The van der Waals surface area contributed by atoms with Crippen molar-refractivity contribution in [1.29, 1.82) is 0 Å². The molecule has 0 spiro atoms. The first-order chi connectivity index (χ1) is 12.1. The van der Waals surface area contributed by atoms with E-state index in [2.05, 4.69) is 10.3 Å². The van der Waals surface area contributed by atoms with Crippen LogP contribution < -0.4 is 11.1 Å². The first kappa shape index (κ1) is 23.1. The number of para-hydroxylation sites is 1. The van der Waals surface area contributed by atoms with E-state index in [1.807, 2.05) is 37.3 Å².